The molecule has 0 radical (unpaired) electrons. The Labute approximate surface area is 106 Å². The van der Waals surface area contributed by atoms with Crippen LogP contribution < -0.4 is 11.3 Å². The molecule has 1 aromatic rings. The van der Waals surface area contributed by atoms with E-state index < -0.39 is 0 Å². The molecule has 2 rings (SSSR count). The van der Waals surface area contributed by atoms with Crippen molar-refractivity contribution in [1.29, 1.82) is 0 Å². The minimum Gasteiger partial charge on any atom is -0.334 e. The molecule has 0 spiro atoms. The van der Waals surface area contributed by atoms with Crippen LogP contribution in [-0.2, 0) is 0 Å². The molecule has 0 aliphatic carbocycles. The summed E-state index contributed by atoms with van der Waals surface area (Å²) in [5.74, 6) is -0.209. The van der Waals surface area contributed by atoms with Crippen molar-refractivity contribution in [2.45, 2.75) is 38.3 Å². The average molecular weight is 249 g/mol. The van der Waals surface area contributed by atoms with Gasteiger partial charge >= 0.3 is 0 Å². The Hall–Kier alpha value is -1.62. The lowest BCUT2D eigenvalue weighted by atomic mass is 9.96. The molecule has 2 heterocycles. The van der Waals surface area contributed by atoms with Crippen LogP contribution in [-0.4, -0.2) is 34.4 Å². The molecule has 5 heteroatoms. The van der Waals surface area contributed by atoms with Crippen molar-refractivity contribution in [2.24, 2.45) is 5.73 Å². The van der Waals surface area contributed by atoms with Crippen LogP contribution in [0.15, 0.2) is 23.1 Å². The first-order valence-electron chi connectivity index (χ1n) is 6.35. The second-order valence-electron chi connectivity index (χ2n) is 4.83. The van der Waals surface area contributed by atoms with Gasteiger partial charge in [-0.05, 0) is 38.3 Å². The highest BCUT2D eigenvalue weighted by atomic mass is 16.2. The molecule has 2 atom stereocenters. The fourth-order valence-electron chi connectivity index (χ4n) is 2.50. The number of rotatable bonds is 2. The number of aromatic amines is 1. The van der Waals surface area contributed by atoms with Crippen LogP contribution >= 0.6 is 0 Å². The fraction of sp³-hybridized carbons (Fsp3) is 0.538. The summed E-state index contributed by atoms with van der Waals surface area (Å²) in [5.41, 5.74) is 5.79. The van der Waals surface area contributed by atoms with Crippen LogP contribution in [0.4, 0.5) is 0 Å². The molecule has 18 heavy (non-hydrogen) atoms. The Balaban J connectivity index is 2.27. The first kappa shape index (κ1) is 12.8. The van der Waals surface area contributed by atoms with Gasteiger partial charge in [0.05, 0.1) is 0 Å². The van der Waals surface area contributed by atoms with Crippen LogP contribution in [0.1, 0.15) is 36.5 Å². The molecule has 0 bridgehead atoms. The predicted molar refractivity (Wildman–Crippen MR) is 69.4 cm³/mol. The molecule has 1 amide bonds. The van der Waals surface area contributed by atoms with E-state index in [1.54, 1.807) is 17.0 Å². The van der Waals surface area contributed by atoms with Gasteiger partial charge in [0.1, 0.15) is 5.56 Å². The Kier molecular flexibility index (Phi) is 3.81. The summed E-state index contributed by atoms with van der Waals surface area (Å²) in [6.07, 6.45) is 4.49. The lowest BCUT2D eigenvalue weighted by Crippen LogP contribution is -2.52. The molecule has 5 nitrogen and oxygen atoms in total. The zero-order valence-electron chi connectivity index (χ0n) is 10.6. The highest BCUT2D eigenvalue weighted by Gasteiger charge is 2.30. The third-order valence-corrected chi connectivity index (χ3v) is 3.47. The summed E-state index contributed by atoms with van der Waals surface area (Å²) in [6, 6.07) is 3.19. The molecule has 2 unspecified atom stereocenters. The summed E-state index contributed by atoms with van der Waals surface area (Å²) in [5, 5.41) is 0. The van der Waals surface area contributed by atoms with Crippen LogP contribution in [0.3, 0.4) is 0 Å². The van der Waals surface area contributed by atoms with Gasteiger partial charge in [-0.3, -0.25) is 9.59 Å². The maximum absolute atomic E-state index is 12.4. The Morgan fingerprint density at radius 1 is 1.56 bits per heavy atom. The molecule has 1 saturated heterocycles. The second-order valence-corrected chi connectivity index (χ2v) is 4.83. The number of carbonyl (C=O) groups excluding carboxylic acids is 1. The number of nitrogens with one attached hydrogen (secondary N) is 1. The number of H-pyrrole nitrogens is 1. The average Bonchev–Trinajstić information content (AvgIpc) is 2.38. The normalized spacial score (nSPS) is 21.7. The third-order valence-electron chi connectivity index (χ3n) is 3.47. The van der Waals surface area contributed by atoms with E-state index in [1.165, 1.54) is 6.20 Å². The molecule has 1 aromatic heterocycles. The summed E-state index contributed by atoms with van der Waals surface area (Å²) >= 11 is 0. The van der Waals surface area contributed by atoms with Crippen LogP contribution in [0, 0.1) is 0 Å². The lowest BCUT2D eigenvalue weighted by Gasteiger charge is -2.37. The Bertz CT molecular complexity index is 481. The minimum absolute atomic E-state index is 0.0332. The van der Waals surface area contributed by atoms with Gasteiger partial charge in [-0.2, -0.15) is 0 Å². The molecular formula is C13H19N3O2. The highest BCUT2D eigenvalue weighted by molar-refractivity contribution is 5.94. The summed E-state index contributed by atoms with van der Waals surface area (Å²) in [4.78, 5) is 28.3. The van der Waals surface area contributed by atoms with Gasteiger partial charge in [0.25, 0.3) is 11.5 Å². The van der Waals surface area contributed by atoms with Crippen molar-refractivity contribution in [2.75, 3.05) is 6.54 Å². The molecule has 98 valence electrons. The van der Waals surface area contributed by atoms with Crippen molar-refractivity contribution in [3.05, 3.63) is 34.2 Å². The Morgan fingerprint density at radius 3 is 3.00 bits per heavy atom. The van der Waals surface area contributed by atoms with E-state index in [2.05, 4.69) is 4.98 Å². The fourth-order valence-corrected chi connectivity index (χ4v) is 2.50. The van der Waals surface area contributed by atoms with Gasteiger partial charge in [-0.1, -0.05) is 0 Å². The molecule has 1 aliphatic rings. The van der Waals surface area contributed by atoms with Gasteiger partial charge in [-0.25, -0.2) is 0 Å². The molecule has 0 aromatic carbocycles. The third kappa shape index (κ3) is 2.46. The summed E-state index contributed by atoms with van der Waals surface area (Å²) < 4.78 is 0. The van der Waals surface area contributed by atoms with Crippen LogP contribution in [0.25, 0.3) is 0 Å². The second kappa shape index (κ2) is 5.35. The molecule has 1 aliphatic heterocycles. The van der Waals surface area contributed by atoms with Crippen molar-refractivity contribution in [3.8, 4) is 0 Å². The number of hydrogen-bond acceptors (Lipinski definition) is 3. The van der Waals surface area contributed by atoms with Crippen LogP contribution in [0.2, 0.25) is 0 Å². The van der Waals surface area contributed by atoms with Crippen molar-refractivity contribution < 1.29 is 4.79 Å². The van der Waals surface area contributed by atoms with Gasteiger partial charge in [0, 0.05) is 24.8 Å². The maximum Gasteiger partial charge on any atom is 0.260 e. The lowest BCUT2D eigenvalue weighted by molar-refractivity contribution is 0.0582. The van der Waals surface area contributed by atoms with E-state index in [0.29, 0.717) is 6.54 Å². The first-order valence-corrected chi connectivity index (χ1v) is 6.35. The van der Waals surface area contributed by atoms with Gasteiger partial charge in [0.15, 0.2) is 0 Å². The summed E-state index contributed by atoms with van der Waals surface area (Å²) in [7, 11) is 0. The van der Waals surface area contributed by atoms with Crippen molar-refractivity contribution in [3.63, 3.8) is 0 Å². The Morgan fingerprint density at radius 2 is 2.33 bits per heavy atom. The van der Waals surface area contributed by atoms with E-state index >= 15 is 0 Å². The van der Waals surface area contributed by atoms with E-state index in [-0.39, 0.29) is 29.1 Å². The molecule has 1 fully saturated rings. The highest BCUT2D eigenvalue weighted by Crippen LogP contribution is 2.20. The number of nitrogens with zero attached hydrogens (tertiary/aromatic N) is 1. The number of likely N-dealkylation sites (tertiary alicyclic amines) is 1. The SMILES string of the molecule is CC(N)C1CCCCN1C(=O)c1ccc[nH]c1=O. The number of nitrogens with two attached hydrogens (primary N) is 1. The van der Waals surface area contributed by atoms with E-state index in [9.17, 15) is 9.59 Å². The first-order chi connectivity index (χ1) is 8.61. The van der Waals surface area contributed by atoms with Gasteiger partial charge in [-0.15, -0.1) is 0 Å². The number of carbonyl (C=O) groups is 1. The van der Waals surface area contributed by atoms with Gasteiger partial charge in [0.2, 0.25) is 0 Å². The topological polar surface area (TPSA) is 79.2 Å². The van der Waals surface area contributed by atoms with E-state index in [4.69, 9.17) is 5.73 Å². The molecular weight excluding hydrogens is 230 g/mol. The zero-order valence-corrected chi connectivity index (χ0v) is 10.6. The standard InChI is InChI=1S/C13H19N3O2/c1-9(14)11-6-2-3-8-16(11)13(18)10-5-4-7-15-12(10)17/h4-5,7,9,11H,2-3,6,8,14H2,1H3,(H,15,17). The minimum atomic E-state index is -0.337. The monoisotopic (exact) mass is 249 g/mol. The number of aromatic nitrogens is 1. The predicted octanol–water partition coefficient (Wildman–Crippen LogP) is 0.717. The largest absolute Gasteiger partial charge is 0.334 e. The molecule has 3 N–H and O–H groups in total. The number of hydrogen-bond donors (Lipinski definition) is 2. The number of amides is 1. The quantitative estimate of drug-likeness (QED) is 0.810. The summed E-state index contributed by atoms with van der Waals surface area (Å²) in [6.45, 7) is 2.59. The number of pyridine rings is 1. The smallest absolute Gasteiger partial charge is 0.260 e. The van der Waals surface area contributed by atoms with Gasteiger partial charge < -0.3 is 15.6 Å². The zero-order chi connectivity index (χ0) is 13.1. The van der Waals surface area contributed by atoms with E-state index in [0.717, 1.165) is 19.3 Å². The number of piperidine rings is 1. The molecule has 0 saturated carbocycles. The van der Waals surface area contributed by atoms with Crippen molar-refractivity contribution in [1.82, 2.24) is 9.88 Å². The van der Waals surface area contributed by atoms with Crippen molar-refractivity contribution >= 4 is 5.91 Å². The maximum atomic E-state index is 12.4. The van der Waals surface area contributed by atoms with Crippen LogP contribution in [0.5, 0.6) is 0 Å². The van der Waals surface area contributed by atoms with E-state index in [1.807, 2.05) is 6.92 Å².